The number of nitrogens with one attached hydrogen (secondary N) is 6. The van der Waals surface area contributed by atoms with E-state index in [0.717, 1.165) is 5.56 Å². The van der Waals surface area contributed by atoms with Crippen molar-refractivity contribution >= 4 is 47.4 Å². The first-order chi connectivity index (χ1) is 34.2. The van der Waals surface area contributed by atoms with E-state index in [9.17, 15) is 48.9 Å². The quantitative estimate of drug-likeness (QED) is 0.0240. The number of hydrogen-bond donors (Lipinski definition) is 13. The molecule has 0 bridgehead atoms. The summed E-state index contributed by atoms with van der Waals surface area (Å²) in [5.74, 6) is -6.50. The number of carbonyl (C=O) groups excluding carboxylic acids is 6. The van der Waals surface area contributed by atoms with Crippen LogP contribution in [0.3, 0.4) is 0 Å². The van der Waals surface area contributed by atoms with Gasteiger partial charge in [-0.1, -0.05) is 88.7 Å². The van der Waals surface area contributed by atoms with Crippen molar-refractivity contribution in [3.05, 3.63) is 95.6 Å². The van der Waals surface area contributed by atoms with E-state index in [0.29, 0.717) is 43.4 Å². The summed E-state index contributed by atoms with van der Waals surface area (Å²) in [5.41, 5.74) is 24.6. The Bertz CT molecular complexity index is 2240. The van der Waals surface area contributed by atoms with Crippen LogP contribution in [0, 0.1) is 11.8 Å². The smallest absolute Gasteiger partial charge is 0.326 e. The number of aliphatic carboxylic acids is 1. The van der Waals surface area contributed by atoms with Crippen LogP contribution in [0.5, 0.6) is 11.5 Å². The van der Waals surface area contributed by atoms with Crippen molar-refractivity contribution in [2.75, 3.05) is 13.1 Å². The van der Waals surface area contributed by atoms with Gasteiger partial charge >= 0.3 is 5.97 Å². The number of phenolic OH excluding ortho intramolecular Hbond substituents is 2. The number of guanidine groups is 1. The number of benzene rings is 3. The van der Waals surface area contributed by atoms with Gasteiger partial charge in [0.1, 0.15) is 47.8 Å². The minimum absolute atomic E-state index is 0.0532. The van der Waals surface area contributed by atoms with E-state index in [1.54, 1.807) is 31.2 Å². The molecule has 0 spiro atoms. The third-order valence-corrected chi connectivity index (χ3v) is 11.9. The van der Waals surface area contributed by atoms with E-state index in [1.165, 1.54) is 48.5 Å². The number of phenols is 2. The van der Waals surface area contributed by atoms with Gasteiger partial charge in [0.2, 0.25) is 35.4 Å². The first kappa shape index (κ1) is 59.1. The Labute approximate surface area is 421 Å². The van der Waals surface area contributed by atoms with Gasteiger partial charge in [-0.2, -0.15) is 0 Å². The number of carboxylic acids is 1. The van der Waals surface area contributed by atoms with Crippen LogP contribution in [0.4, 0.5) is 0 Å². The summed E-state index contributed by atoms with van der Waals surface area (Å²) in [5, 5.41) is 46.2. The number of nitrogens with zero attached hydrogens (tertiary/aromatic N) is 1. The van der Waals surface area contributed by atoms with Gasteiger partial charge in [-0.15, -0.1) is 0 Å². The second kappa shape index (κ2) is 30.5. The zero-order chi connectivity index (χ0) is 53.3. The van der Waals surface area contributed by atoms with Gasteiger partial charge in [0, 0.05) is 25.8 Å². The van der Waals surface area contributed by atoms with Crippen molar-refractivity contribution in [3.8, 4) is 11.5 Å². The predicted octanol–water partition coefficient (Wildman–Crippen LogP) is 0.721. The predicted molar refractivity (Wildman–Crippen MR) is 273 cm³/mol. The lowest BCUT2D eigenvalue weighted by Crippen LogP contribution is -2.61. The van der Waals surface area contributed by atoms with Gasteiger partial charge in [-0.05, 0) is 97.9 Å². The highest BCUT2D eigenvalue weighted by Gasteiger charge is 2.35. The topological polar surface area (TPSA) is 369 Å². The standard InChI is InChI=1S/C51H75N11O10/c1-5-31(4)43(62-48(69)42(27-32-12-7-6-8-13-32)59-44(65)37(53)26-30(2)3)49(70)57-38(15-11-25-56-51(54)55)45(66)60-41(29-34-18-22-36(64)23-19-34)47(68)61-40(28-33-16-20-35(63)21-17-33)46(67)58-39(50(71)72)14-9-10-24-52/h6-8,12-13,16-23,30-31,37-43,63-64H,5,9-11,14-15,24-29,52-53H2,1-4H3,(H,57,70)(H,58,67)(H,59,65)(H,60,66)(H,61,68)(H,62,69)(H,71,72)(H4,54,55,56)/t31-,37-,38-,39-,40-,41-,42-,43-/m0/s1. The molecule has 0 radical (unpaired) electrons. The first-order valence-corrected chi connectivity index (χ1v) is 24.4. The monoisotopic (exact) mass is 1000 g/mol. The molecule has 17 N–H and O–H groups in total. The van der Waals surface area contributed by atoms with Gasteiger partial charge in [0.05, 0.1) is 6.04 Å². The number of aromatic hydroxyl groups is 2. The molecule has 0 aliphatic rings. The number of amides is 6. The third-order valence-electron chi connectivity index (χ3n) is 11.9. The molecule has 72 heavy (non-hydrogen) atoms. The van der Waals surface area contributed by atoms with E-state index in [-0.39, 0.29) is 68.4 Å². The van der Waals surface area contributed by atoms with Crippen molar-refractivity contribution in [2.24, 2.45) is 39.8 Å². The van der Waals surface area contributed by atoms with E-state index in [1.807, 2.05) is 26.8 Å². The van der Waals surface area contributed by atoms with Crippen LogP contribution in [0.2, 0.25) is 0 Å². The van der Waals surface area contributed by atoms with Crippen LogP contribution in [-0.4, -0.2) is 118 Å². The molecular weight excluding hydrogens is 927 g/mol. The van der Waals surface area contributed by atoms with Crippen LogP contribution in [0.15, 0.2) is 83.9 Å². The maximum atomic E-state index is 14.6. The van der Waals surface area contributed by atoms with Gasteiger partial charge in [-0.25, -0.2) is 4.79 Å². The molecule has 0 saturated carbocycles. The summed E-state index contributed by atoms with van der Waals surface area (Å²) in [7, 11) is 0. The Morgan fingerprint density at radius 3 is 1.44 bits per heavy atom. The van der Waals surface area contributed by atoms with E-state index in [2.05, 4.69) is 36.9 Å². The van der Waals surface area contributed by atoms with Gasteiger partial charge in [0.15, 0.2) is 5.96 Å². The fourth-order valence-corrected chi connectivity index (χ4v) is 7.66. The average molecular weight is 1000 g/mol. The number of rotatable bonds is 31. The summed E-state index contributed by atoms with van der Waals surface area (Å²) in [6, 6.07) is 11.9. The zero-order valence-electron chi connectivity index (χ0n) is 41.6. The number of aliphatic imine (C=N–C) groups is 1. The van der Waals surface area contributed by atoms with Crippen LogP contribution < -0.4 is 54.8 Å². The number of unbranched alkanes of at least 4 members (excludes halogenated alkanes) is 1. The largest absolute Gasteiger partial charge is 0.508 e. The van der Waals surface area contributed by atoms with Crippen molar-refractivity contribution in [2.45, 2.75) is 134 Å². The summed E-state index contributed by atoms with van der Waals surface area (Å²) < 4.78 is 0. The van der Waals surface area contributed by atoms with Crippen molar-refractivity contribution in [1.29, 1.82) is 0 Å². The Kier molecular flexibility index (Phi) is 25.0. The van der Waals surface area contributed by atoms with E-state index >= 15 is 0 Å². The Morgan fingerprint density at radius 2 is 0.986 bits per heavy atom. The average Bonchev–Trinajstić information content (AvgIpc) is 3.33. The molecule has 3 aromatic rings. The molecule has 0 heterocycles. The molecular formula is C51H75N11O10. The van der Waals surface area contributed by atoms with Crippen LogP contribution in [-0.2, 0) is 52.8 Å². The minimum Gasteiger partial charge on any atom is -0.508 e. The third kappa shape index (κ3) is 21.0. The van der Waals surface area contributed by atoms with Gasteiger partial charge in [-0.3, -0.25) is 33.8 Å². The zero-order valence-corrected chi connectivity index (χ0v) is 41.6. The van der Waals surface area contributed by atoms with Crippen molar-refractivity contribution < 1.29 is 48.9 Å². The van der Waals surface area contributed by atoms with Crippen LogP contribution in [0.25, 0.3) is 0 Å². The SMILES string of the molecule is CC[C@H](C)[C@H](NC(=O)[C@H](Cc1ccccc1)NC(=O)[C@@H](N)CC(C)C)C(=O)N[C@@H](CCCN=C(N)N)C(=O)N[C@@H](Cc1ccc(O)cc1)C(=O)N[C@@H](Cc1ccc(O)cc1)C(=O)N[C@@H](CCCCN)C(=O)O. The molecule has 21 nitrogen and oxygen atoms in total. The summed E-state index contributed by atoms with van der Waals surface area (Å²) in [6.45, 7) is 7.76. The molecule has 0 fully saturated rings. The molecule has 21 heteroatoms. The molecule has 0 aromatic heterocycles. The molecule has 0 unspecified atom stereocenters. The number of hydrogen-bond acceptors (Lipinski definition) is 12. The van der Waals surface area contributed by atoms with E-state index in [4.69, 9.17) is 22.9 Å². The molecule has 394 valence electrons. The van der Waals surface area contributed by atoms with Gasteiger partial charge in [0.25, 0.3) is 0 Å². The lowest BCUT2D eigenvalue weighted by Gasteiger charge is -2.29. The molecule has 3 rings (SSSR count). The Morgan fingerprint density at radius 1 is 0.556 bits per heavy atom. The van der Waals surface area contributed by atoms with Crippen molar-refractivity contribution in [3.63, 3.8) is 0 Å². The minimum atomic E-state index is -1.44. The number of carbonyl (C=O) groups is 7. The molecule has 8 atom stereocenters. The Hall–Kier alpha value is -7.26. The summed E-state index contributed by atoms with van der Waals surface area (Å²) in [4.78, 5) is 101. The maximum Gasteiger partial charge on any atom is 0.326 e. The molecule has 0 aliphatic carbocycles. The van der Waals surface area contributed by atoms with Gasteiger partial charge < -0.3 is 70.2 Å². The highest BCUT2D eigenvalue weighted by molar-refractivity contribution is 5.97. The number of carboxylic acid groups (broad SMARTS) is 1. The first-order valence-electron chi connectivity index (χ1n) is 24.4. The normalized spacial score (nSPS) is 14.4. The van der Waals surface area contributed by atoms with E-state index < -0.39 is 89.6 Å². The van der Waals surface area contributed by atoms with Crippen LogP contribution in [0.1, 0.15) is 89.3 Å². The fraction of sp³-hybridized carbons (Fsp3) is 0.490. The summed E-state index contributed by atoms with van der Waals surface area (Å²) in [6.07, 6.45) is 1.60. The molecule has 6 amide bonds. The second-order valence-corrected chi connectivity index (χ2v) is 18.4. The van der Waals surface area contributed by atoms with Crippen LogP contribution >= 0.6 is 0 Å². The lowest BCUT2D eigenvalue weighted by atomic mass is 9.96. The fourth-order valence-electron chi connectivity index (χ4n) is 7.66. The number of nitrogens with two attached hydrogens (primary N) is 4. The molecule has 0 saturated heterocycles. The van der Waals surface area contributed by atoms with Crippen molar-refractivity contribution in [1.82, 2.24) is 31.9 Å². The highest BCUT2D eigenvalue weighted by Crippen LogP contribution is 2.16. The second-order valence-electron chi connectivity index (χ2n) is 18.4. The molecule has 0 aliphatic heterocycles. The summed E-state index contributed by atoms with van der Waals surface area (Å²) >= 11 is 0. The molecule has 3 aromatic carbocycles. The maximum absolute atomic E-state index is 14.6. The lowest BCUT2D eigenvalue weighted by molar-refractivity contribution is -0.142. The highest BCUT2D eigenvalue weighted by atomic mass is 16.4. The Balaban J connectivity index is 2.01.